The molecule has 3 heteroatoms. The fraction of sp³-hybridized carbons (Fsp3) is 0.154. The van der Waals surface area contributed by atoms with Crippen molar-refractivity contribution in [3.8, 4) is 11.1 Å². The molecule has 0 aliphatic carbocycles. The lowest BCUT2D eigenvalue weighted by Crippen LogP contribution is -2.01. The number of aromatic nitrogens is 1. The van der Waals surface area contributed by atoms with Crippen molar-refractivity contribution >= 4 is 5.97 Å². The molecule has 0 saturated carbocycles. The lowest BCUT2D eigenvalue weighted by atomic mass is 10.00. The molecule has 3 nitrogen and oxygen atoms in total. The molecule has 1 N–H and O–H groups in total. The quantitative estimate of drug-likeness (QED) is 0.783. The molecule has 0 aliphatic heterocycles. The highest BCUT2D eigenvalue weighted by Crippen LogP contribution is 2.26. The number of esters is 1. The van der Waals surface area contributed by atoms with Crippen LogP contribution < -0.4 is 0 Å². The number of rotatable bonds is 2. The molecule has 0 aliphatic rings. The minimum atomic E-state index is -0.320. The zero-order valence-electron chi connectivity index (χ0n) is 9.28. The number of hydrogen-bond acceptors (Lipinski definition) is 2. The molecule has 0 amide bonds. The Labute approximate surface area is 94.1 Å². The number of aryl methyl sites for hydroxylation is 1. The van der Waals surface area contributed by atoms with E-state index in [1.807, 2.05) is 37.4 Å². The second-order valence-electron chi connectivity index (χ2n) is 3.59. The zero-order chi connectivity index (χ0) is 11.5. The van der Waals surface area contributed by atoms with Gasteiger partial charge in [0.15, 0.2) is 0 Å². The van der Waals surface area contributed by atoms with Gasteiger partial charge < -0.3 is 9.72 Å². The summed E-state index contributed by atoms with van der Waals surface area (Å²) in [7, 11) is 1.39. The van der Waals surface area contributed by atoms with Gasteiger partial charge >= 0.3 is 5.97 Å². The summed E-state index contributed by atoms with van der Waals surface area (Å²) in [5.74, 6) is -0.320. The number of hydrogen-bond donors (Lipinski definition) is 1. The highest BCUT2D eigenvalue weighted by atomic mass is 16.5. The summed E-state index contributed by atoms with van der Waals surface area (Å²) in [5, 5.41) is 0. The highest BCUT2D eigenvalue weighted by Gasteiger charge is 2.14. The van der Waals surface area contributed by atoms with Gasteiger partial charge in [0, 0.05) is 18.0 Å². The number of carbonyl (C=O) groups excluding carboxylic acids is 1. The molecule has 0 radical (unpaired) electrons. The average molecular weight is 215 g/mol. The Balaban J connectivity index is 2.53. The van der Waals surface area contributed by atoms with E-state index >= 15 is 0 Å². The highest BCUT2D eigenvalue weighted by molar-refractivity contribution is 5.97. The summed E-state index contributed by atoms with van der Waals surface area (Å²) in [6, 6.07) is 7.94. The summed E-state index contributed by atoms with van der Waals surface area (Å²) in [5.41, 5.74) is 3.62. The van der Waals surface area contributed by atoms with Crippen LogP contribution in [0.4, 0.5) is 0 Å². The maximum Gasteiger partial charge on any atom is 0.340 e. The van der Waals surface area contributed by atoms with Crippen LogP contribution in [0.3, 0.4) is 0 Å². The normalized spacial score (nSPS) is 10.1. The third kappa shape index (κ3) is 1.72. The summed E-state index contributed by atoms with van der Waals surface area (Å²) in [6.07, 6.45) is 3.47. The molecule has 0 fully saturated rings. The molecule has 0 spiro atoms. The van der Waals surface area contributed by atoms with Crippen LogP contribution in [-0.2, 0) is 4.74 Å². The van der Waals surface area contributed by atoms with E-state index < -0.39 is 0 Å². The number of ether oxygens (including phenoxy) is 1. The van der Waals surface area contributed by atoms with Gasteiger partial charge in [-0.2, -0.15) is 0 Å². The molecule has 1 aromatic carbocycles. The molecule has 0 unspecified atom stereocenters. The third-order valence-corrected chi connectivity index (χ3v) is 2.59. The van der Waals surface area contributed by atoms with Crippen molar-refractivity contribution in [2.75, 3.05) is 7.11 Å². The molecule has 82 valence electrons. The van der Waals surface area contributed by atoms with Crippen LogP contribution >= 0.6 is 0 Å². The van der Waals surface area contributed by atoms with Crippen LogP contribution in [-0.4, -0.2) is 18.1 Å². The molecule has 0 bridgehead atoms. The largest absolute Gasteiger partial charge is 0.465 e. The van der Waals surface area contributed by atoms with Crippen molar-refractivity contribution in [1.29, 1.82) is 0 Å². The fourth-order valence-corrected chi connectivity index (χ4v) is 1.74. The molecule has 0 atom stereocenters. The topological polar surface area (TPSA) is 42.1 Å². The third-order valence-electron chi connectivity index (χ3n) is 2.59. The predicted octanol–water partition coefficient (Wildman–Crippen LogP) is 2.78. The van der Waals surface area contributed by atoms with Gasteiger partial charge in [0.1, 0.15) is 0 Å². The van der Waals surface area contributed by atoms with Gasteiger partial charge in [-0.1, -0.05) is 24.3 Å². The first-order valence-corrected chi connectivity index (χ1v) is 5.05. The van der Waals surface area contributed by atoms with Crippen molar-refractivity contribution in [1.82, 2.24) is 4.98 Å². The molecule has 1 heterocycles. The van der Waals surface area contributed by atoms with Crippen LogP contribution in [0.5, 0.6) is 0 Å². The van der Waals surface area contributed by atoms with Gasteiger partial charge in [-0.05, 0) is 18.1 Å². The average Bonchev–Trinajstić information content (AvgIpc) is 2.77. The summed E-state index contributed by atoms with van der Waals surface area (Å²) >= 11 is 0. The Morgan fingerprint density at radius 1 is 1.19 bits per heavy atom. The van der Waals surface area contributed by atoms with Crippen molar-refractivity contribution in [3.63, 3.8) is 0 Å². The van der Waals surface area contributed by atoms with Crippen molar-refractivity contribution < 1.29 is 9.53 Å². The molecule has 0 saturated heterocycles. The van der Waals surface area contributed by atoms with E-state index in [1.165, 1.54) is 7.11 Å². The van der Waals surface area contributed by atoms with E-state index in [4.69, 9.17) is 4.74 Å². The summed E-state index contributed by atoms with van der Waals surface area (Å²) in [4.78, 5) is 14.5. The summed E-state index contributed by atoms with van der Waals surface area (Å²) < 4.78 is 4.74. The Morgan fingerprint density at radius 3 is 2.62 bits per heavy atom. The van der Waals surface area contributed by atoms with E-state index in [0.717, 1.165) is 16.7 Å². The first-order chi connectivity index (χ1) is 7.74. The van der Waals surface area contributed by atoms with E-state index in [0.29, 0.717) is 5.56 Å². The second-order valence-corrected chi connectivity index (χ2v) is 3.59. The first-order valence-electron chi connectivity index (χ1n) is 5.05. The molecular formula is C13H13NO2. The van der Waals surface area contributed by atoms with Crippen LogP contribution in [0, 0.1) is 6.92 Å². The fourth-order valence-electron chi connectivity index (χ4n) is 1.74. The summed E-state index contributed by atoms with van der Waals surface area (Å²) in [6.45, 7) is 2.02. The minimum Gasteiger partial charge on any atom is -0.465 e. The number of H-pyrrole nitrogens is 1. The van der Waals surface area contributed by atoms with Crippen LogP contribution in [0.1, 0.15) is 15.9 Å². The number of aromatic amines is 1. The molecule has 2 aromatic rings. The molecule has 1 aromatic heterocycles. The number of carbonyl (C=O) groups is 1. The van der Waals surface area contributed by atoms with Gasteiger partial charge in [-0.15, -0.1) is 0 Å². The minimum absolute atomic E-state index is 0.320. The van der Waals surface area contributed by atoms with E-state index in [9.17, 15) is 4.79 Å². The Hall–Kier alpha value is -2.03. The van der Waals surface area contributed by atoms with E-state index in [-0.39, 0.29) is 5.97 Å². The van der Waals surface area contributed by atoms with Crippen LogP contribution in [0.25, 0.3) is 11.1 Å². The molecular weight excluding hydrogens is 202 g/mol. The van der Waals surface area contributed by atoms with Gasteiger partial charge in [0.25, 0.3) is 0 Å². The standard InChI is InChI=1S/C13H13NO2/c1-9-5-3-4-6-10(9)11-7-14-8-12(11)13(15)16-2/h3-8,14H,1-2H3. The number of benzene rings is 1. The van der Waals surface area contributed by atoms with E-state index in [2.05, 4.69) is 4.98 Å². The molecule has 16 heavy (non-hydrogen) atoms. The second kappa shape index (κ2) is 4.23. The molecule has 2 rings (SSSR count). The van der Waals surface area contributed by atoms with Gasteiger partial charge in [0.05, 0.1) is 12.7 Å². The maximum absolute atomic E-state index is 11.5. The smallest absolute Gasteiger partial charge is 0.340 e. The van der Waals surface area contributed by atoms with Gasteiger partial charge in [-0.3, -0.25) is 0 Å². The lowest BCUT2D eigenvalue weighted by Gasteiger charge is -2.05. The first kappa shape index (κ1) is 10.5. The Morgan fingerprint density at radius 2 is 1.94 bits per heavy atom. The predicted molar refractivity (Wildman–Crippen MR) is 62.3 cm³/mol. The number of nitrogens with one attached hydrogen (secondary N) is 1. The zero-order valence-corrected chi connectivity index (χ0v) is 9.28. The Bertz CT molecular complexity index is 514. The SMILES string of the molecule is COC(=O)c1c[nH]cc1-c1ccccc1C. The van der Waals surface area contributed by atoms with E-state index in [1.54, 1.807) is 6.20 Å². The monoisotopic (exact) mass is 215 g/mol. The van der Waals surface area contributed by atoms with Crippen molar-refractivity contribution in [2.45, 2.75) is 6.92 Å². The van der Waals surface area contributed by atoms with Crippen molar-refractivity contribution in [3.05, 3.63) is 47.8 Å². The van der Waals surface area contributed by atoms with Crippen LogP contribution in [0.2, 0.25) is 0 Å². The van der Waals surface area contributed by atoms with Crippen LogP contribution in [0.15, 0.2) is 36.7 Å². The van der Waals surface area contributed by atoms with Gasteiger partial charge in [0.2, 0.25) is 0 Å². The Kier molecular flexibility index (Phi) is 2.77. The van der Waals surface area contributed by atoms with Gasteiger partial charge in [-0.25, -0.2) is 4.79 Å². The van der Waals surface area contributed by atoms with Crippen molar-refractivity contribution in [2.24, 2.45) is 0 Å². The maximum atomic E-state index is 11.5. The number of methoxy groups -OCH3 is 1. The lowest BCUT2D eigenvalue weighted by molar-refractivity contribution is 0.0602.